The lowest BCUT2D eigenvalue weighted by Gasteiger charge is -2.38. The van der Waals surface area contributed by atoms with Crippen LogP contribution in [0.4, 0.5) is 0 Å². The smallest absolute Gasteiger partial charge is 0.225 e. The van der Waals surface area contributed by atoms with Crippen LogP contribution in [-0.4, -0.2) is 52.6 Å². The Morgan fingerprint density at radius 2 is 1.92 bits per heavy atom. The Hall–Kier alpha value is -1.82. The number of carbonyl (C=O) groups excluding carboxylic acids is 2. The molecule has 2 fully saturated rings. The molecule has 6 nitrogen and oxygen atoms in total. The predicted octanol–water partition coefficient (Wildman–Crippen LogP) is 1.90. The van der Waals surface area contributed by atoms with E-state index in [0.717, 1.165) is 12.8 Å². The van der Waals surface area contributed by atoms with Gasteiger partial charge in [0.05, 0.1) is 18.0 Å². The lowest BCUT2D eigenvalue weighted by molar-refractivity contribution is -0.131. The molecule has 0 aromatic carbocycles. The first-order chi connectivity index (χ1) is 11.8. The molecule has 1 unspecified atom stereocenters. The van der Waals surface area contributed by atoms with Gasteiger partial charge in [-0.15, -0.1) is 0 Å². The van der Waals surface area contributed by atoms with Crippen molar-refractivity contribution in [2.45, 2.75) is 63.6 Å². The van der Waals surface area contributed by atoms with E-state index < -0.39 is 0 Å². The van der Waals surface area contributed by atoms with Crippen LogP contribution in [0.25, 0.3) is 0 Å². The third-order valence-electron chi connectivity index (χ3n) is 5.37. The fraction of sp³-hybridized carbons (Fsp3) is 0.684. The molecule has 2 aliphatic heterocycles. The van der Waals surface area contributed by atoms with Crippen molar-refractivity contribution in [3.8, 4) is 0 Å². The summed E-state index contributed by atoms with van der Waals surface area (Å²) in [5.74, 6) is 0.133. The molecular weight excluding hydrogens is 318 g/mol. The zero-order valence-electron chi connectivity index (χ0n) is 15.5. The first kappa shape index (κ1) is 18.0. The molecular formula is C19H29N3O3. The molecule has 2 saturated heterocycles. The highest BCUT2D eigenvalue weighted by molar-refractivity contribution is 5.83. The largest absolute Gasteiger partial charge is 0.381 e. The van der Waals surface area contributed by atoms with Crippen LogP contribution in [0.2, 0.25) is 0 Å². The Morgan fingerprint density at radius 3 is 2.48 bits per heavy atom. The molecule has 2 aliphatic rings. The van der Waals surface area contributed by atoms with Crippen LogP contribution < -0.4 is 5.32 Å². The molecule has 1 N–H and O–H groups in total. The van der Waals surface area contributed by atoms with E-state index >= 15 is 0 Å². The summed E-state index contributed by atoms with van der Waals surface area (Å²) < 4.78 is 7.66. The second kappa shape index (κ2) is 6.83. The quantitative estimate of drug-likeness (QED) is 0.905. The molecule has 6 heteroatoms. The molecule has 3 heterocycles. The molecule has 3 rings (SSSR count). The van der Waals surface area contributed by atoms with Gasteiger partial charge in [-0.1, -0.05) is 0 Å². The van der Waals surface area contributed by atoms with E-state index in [0.29, 0.717) is 32.6 Å². The second-order valence-electron chi connectivity index (χ2n) is 8.25. The Morgan fingerprint density at radius 1 is 1.28 bits per heavy atom. The maximum absolute atomic E-state index is 12.7. The van der Waals surface area contributed by atoms with Crippen molar-refractivity contribution in [3.05, 3.63) is 24.5 Å². The van der Waals surface area contributed by atoms with Gasteiger partial charge in [0.1, 0.15) is 0 Å². The maximum atomic E-state index is 12.7. The summed E-state index contributed by atoms with van der Waals surface area (Å²) in [6.07, 6.45) is 6.52. The van der Waals surface area contributed by atoms with E-state index in [2.05, 4.69) is 9.88 Å². The number of carbonyl (C=O) groups is 2. The fourth-order valence-electron chi connectivity index (χ4n) is 3.96. The zero-order valence-corrected chi connectivity index (χ0v) is 15.5. The van der Waals surface area contributed by atoms with E-state index in [4.69, 9.17) is 4.74 Å². The molecule has 0 radical (unpaired) electrons. The molecule has 1 aromatic heterocycles. The lowest BCUT2D eigenvalue weighted by Crippen LogP contribution is -2.47. The van der Waals surface area contributed by atoms with Gasteiger partial charge in [-0.3, -0.25) is 9.59 Å². The van der Waals surface area contributed by atoms with Crippen LogP contribution >= 0.6 is 0 Å². The summed E-state index contributed by atoms with van der Waals surface area (Å²) in [6, 6.07) is 3.89. The molecule has 2 amide bonds. The number of likely N-dealkylation sites (tertiary alicyclic amines) is 1. The number of hydrogen-bond donors (Lipinski definition) is 1. The van der Waals surface area contributed by atoms with E-state index in [1.54, 1.807) is 0 Å². The van der Waals surface area contributed by atoms with Crippen molar-refractivity contribution in [2.24, 2.45) is 0 Å². The summed E-state index contributed by atoms with van der Waals surface area (Å²) in [7, 11) is 0. The van der Waals surface area contributed by atoms with Gasteiger partial charge >= 0.3 is 0 Å². The van der Waals surface area contributed by atoms with Gasteiger partial charge in [0.15, 0.2) is 0 Å². The van der Waals surface area contributed by atoms with Crippen molar-refractivity contribution in [2.75, 3.05) is 19.8 Å². The molecule has 138 valence electrons. The minimum atomic E-state index is -0.224. The summed E-state index contributed by atoms with van der Waals surface area (Å²) in [5, 5.41) is 3.09. The molecule has 1 atom stereocenters. The lowest BCUT2D eigenvalue weighted by atomic mass is 9.85. The molecule has 1 aromatic rings. The third-order valence-corrected chi connectivity index (χ3v) is 5.37. The Balaban J connectivity index is 1.64. The highest BCUT2D eigenvalue weighted by Crippen LogP contribution is 2.33. The molecule has 0 saturated carbocycles. The SMILES string of the molecule is CC(C)(C)N1CC(NC(=O)CC2(n3cccc3)CCOCC2)CC1=O. The number of nitrogens with one attached hydrogen (secondary N) is 1. The highest BCUT2D eigenvalue weighted by atomic mass is 16.5. The normalized spacial score (nSPS) is 23.7. The van der Waals surface area contributed by atoms with Crippen LogP contribution in [0, 0.1) is 0 Å². The van der Waals surface area contributed by atoms with Gasteiger partial charge in [0.2, 0.25) is 11.8 Å². The summed E-state index contributed by atoms with van der Waals surface area (Å²) in [4.78, 5) is 26.8. The van der Waals surface area contributed by atoms with Gasteiger partial charge in [0.25, 0.3) is 0 Å². The number of aromatic nitrogens is 1. The zero-order chi connectivity index (χ0) is 18.1. The third kappa shape index (κ3) is 3.89. The Labute approximate surface area is 149 Å². The van der Waals surface area contributed by atoms with Crippen molar-refractivity contribution in [3.63, 3.8) is 0 Å². The average Bonchev–Trinajstić information content (AvgIpc) is 3.17. The molecule has 0 aliphatic carbocycles. The van der Waals surface area contributed by atoms with Crippen molar-refractivity contribution < 1.29 is 14.3 Å². The van der Waals surface area contributed by atoms with E-state index in [-0.39, 0.29) is 28.9 Å². The van der Waals surface area contributed by atoms with Crippen molar-refractivity contribution in [1.82, 2.24) is 14.8 Å². The number of amides is 2. The monoisotopic (exact) mass is 347 g/mol. The first-order valence-corrected chi connectivity index (χ1v) is 9.11. The van der Waals surface area contributed by atoms with Gasteiger partial charge in [-0.25, -0.2) is 0 Å². The molecule has 0 bridgehead atoms. The van der Waals surface area contributed by atoms with Crippen LogP contribution in [0.15, 0.2) is 24.5 Å². The highest BCUT2D eigenvalue weighted by Gasteiger charge is 2.39. The van der Waals surface area contributed by atoms with Crippen LogP contribution in [-0.2, 0) is 19.9 Å². The predicted molar refractivity (Wildman–Crippen MR) is 95.1 cm³/mol. The minimum absolute atomic E-state index is 0.0177. The summed E-state index contributed by atoms with van der Waals surface area (Å²) in [6.45, 7) is 8.01. The average molecular weight is 347 g/mol. The van der Waals surface area contributed by atoms with Gasteiger partial charge in [-0.2, -0.15) is 0 Å². The maximum Gasteiger partial charge on any atom is 0.225 e. The Bertz CT molecular complexity index is 612. The number of rotatable bonds is 4. The van der Waals surface area contributed by atoms with E-state index in [1.165, 1.54) is 0 Å². The van der Waals surface area contributed by atoms with Crippen molar-refractivity contribution in [1.29, 1.82) is 0 Å². The second-order valence-corrected chi connectivity index (χ2v) is 8.25. The van der Waals surface area contributed by atoms with E-state index in [9.17, 15) is 9.59 Å². The minimum Gasteiger partial charge on any atom is -0.381 e. The summed E-state index contributed by atoms with van der Waals surface area (Å²) >= 11 is 0. The summed E-state index contributed by atoms with van der Waals surface area (Å²) in [5.41, 5.74) is -0.429. The Kier molecular flexibility index (Phi) is 4.91. The standard InChI is InChI=1S/C19H29N3O3/c1-18(2,3)22-14-15(12-17(22)24)20-16(23)13-19(6-10-25-11-7-19)21-8-4-5-9-21/h4-5,8-9,15H,6-7,10-14H2,1-3H3,(H,20,23). The number of ether oxygens (including phenoxy) is 1. The van der Waals surface area contributed by atoms with Crippen LogP contribution in [0.3, 0.4) is 0 Å². The number of hydrogen-bond acceptors (Lipinski definition) is 3. The van der Waals surface area contributed by atoms with E-state index in [1.807, 2.05) is 50.2 Å². The van der Waals surface area contributed by atoms with Crippen LogP contribution in [0.5, 0.6) is 0 Å². The van der Waals surface area contributed by atoms with Gasteiger partial charge < -0.3 is 19.5 Å². The number of nitrogens with zero attached hydrogens (tertiary/aromatic N) is 2. The van der Waals surface area contributed by atoms with Crippen LogP contribution in [0.1, 0.15) is 46.5 Å². The topological polar surface area (TPSA) is 63.6 Å². The van der Waals surface area contributed by atoms with Gasteiger partial charge in [-0.05, 0) is 45.7 Å². The molecule has 0 spiro atoms. The van der Waals surface area contributed by atoms with Crippen molar-refractivity contribution >= 4 is 11.8 Å². The van der Waals surface area contributed by atoms with Gasteiger partial charge in [0, 0.05) is 44.1 Å². The fourth-order valence-corrected chi connectivity index (χ4v) is 3.96. The first-order valence-electron chi connectivity index (χ1n) is 9.11. The molecule has 25 heavy (non-hydrogen) atoms.